The highest BCUT2D eigenvalue weighted by Gasteiger charge is 2.26. The van der Waals surface area contributed by atoms with Gasteiger partial charge in [-0.25, -0.2) is 4.98 Å². The van der Waals surface area contributed by atoms with Gasteiger partial charge in [-0.3, -0.25) is 0 Å². The maximum absolute atomic E-state index is 9.43. The van der Waals surface area contributed by atoms with Crippen molar-refractivity contribution >= 4 is 25.7 Å². The molecule has 0 spiro atoms. The molecule has 0 bridgehead atoms. The topological polar surface area (TPSA) is 118 Å². The van der Waals surface area contributed by atoms with E-state index in [1.807, 2.05) is 16.7 Å². The summed E-state index contributed by atoms with van der Waals surface area (Å²) in [7, 11) is 1.05. The number of ether oxygens (including phenoxy) is 1. The van der Waals surface area contributed by atoms with E-state index >= 15 is 0 Å². The van der Waals surface area contributed by atoms with Crippen LogP contribution in [0.1, 0.15) is 12.5 Å². The maximum Gasteiger partial charge on any atom is 0.330 e. The van der Waals surface area contributed by atoms with E-state index in [0.717, 1.165) is 0 Å². The molecule has 22 heavy (non-hydrogen) atoms. The zero-order chi connectivity index (χ0) is 15.7. The third-order valence-corrected chi connectivity index (χ3v) is 4.12. The van der Waals surface area contributed by atoms with E-state index in [9.17, 15) is 4.89 Å². The van der Waals surface area contributed by atoms with Crippen LogP contribution >= 0.6 is 8.60 Å². The minimum absolute atomic E-state index is 0.00531. The molecule has 118 valence electrons. The van der Waals surface area contributed by atoms with Crippen LogP contribution in [-0.2, 0) is 9.05 Å². The highest BCUT2D eigenvalue weighted by molar-refractivity contribution is 7.40. The fraction of sp³-hybridized carbons (Fsp3) is 0.417. The molecule has 1 unspecified atom stereocenters. The monoisotopic (exact) mass is 325 g/mol. The summed E-state index contributed by atoms with van der Waals surface area (Å²) in [5.41, 5.74) is 6.85. The summed E-state index contributed by atoms with van der Waals surface area (Å²) in [5, 5.41) is 0. The molecule has 0 saturated carbocycles. The molecule has 0 aliphatic heterocycles. The Morgan fingerprint density at radius 1 is 1.36 bits per heavy atom. The molecule has 0 aromatic carbocycles. The summed E-state index contributed by atoms with van der Waals surface area (Å²) in [5.74, 6) is 0.466. The van der Waals surface area contributed by atoms with Gasteiger partial charge in [0.15, 0.2) is 11.2 Å². The number of hydrogen-bond donors (Lipinski definition) is 2. The number of nitrogens with two attached hydrogens (primary N) is 1. The van der Waals surface area contributed by atoms with Crippen molar-refractivity contribution in [2.75, 3.05) is 20.0 Å². The average molecular weight is 325 g/mol. The maximum atomic E-state index is 9.43. The first-order valence-corrected chi connectivity index (χ1v) is 7.67. The fourth-order valence-electron chi connectivity index (χ4n) is 2.38. The van der Waals surface area contributed by atoms with Crippen molar-refractivity contribution in [1.82, 2.24) is 19.5 Å². The molecule has 2 heterocycles. The van der Waals surface area contributed by atoms with Gasteiger partial charge in [0.05, 0.1) is 25.6 Å². The molecular weight excluding hydrogens is 309 g/mol. The lowest BCUT2D eigenvalue weighted by Crippen LogP contribution is -2.10. The number of nitrogen functional groups attached to an aromatic ring is 1. The predicted molar refractivity (Wildman–Crippen MR) is 80.1 cm³/mol. The second-order valence-electron chi connectivity index (χ2n) is 4.67. The molecule has 1 aliphatic carbocycles. The Balaban J connectivity index is 1.86. The molecule has 10 heteroatoms. The van der Waals surface area contributed by atoms with Crippen LogP contribution in [0.25, 0.3) is 11.2 Å². The first-order chi connectivity index (χ1) is 10.6. The molecule has 0 fully saturated rings. The van der Waals surface area contributed by atoms with E-state index < -0.39 is 8.60 Å². The zero-order valence-corrected chi connectivity index (χ0v) is 13.0. The number of allylic oxidation sites excluding steroid dienone is 1. The molecule has 9 nitrogen and oxygen atoms in total. The Kier molecular flexibility index (Phi) is 4.21. The number of hydrogen-bond acceptors (Lipinski definition) is 8. The Hall–Kier alpha value is -1.80. The second-order valence-corrected chi connectivity index (χ2v) is 5.72. The lowest BCUT2D eigenvalue weighted by atomic mass is 10.2. The van der Waals surface area contributed by atoms with Gasteiger partial charge in [0.2, 0.25) is 11.8 Å². The summed E-state index contributed by atoms with van der Waals surface area (Å²) in [6, 6.07) is -0.00531. The van der Waals surface area contributed by atoms with Gasteiger partial charge in [-0.1, -0.05) is 12.2 Å². The number of fused-ring (bicyclic) bond motifs is 1. The van der Waals surface area contributed by atoms with Gasteiger partial charge in [0.25, 0.3) is 0 Å². The molecule has 0 saturated heterocycles. The van der Waals surface area contributed by atoms with Gasteiger partial charge in [-0.05, 0) is 0 Å². The number of nitrogens with zero attached hydrogens (tertiary/aromatic N) is 4. The van der Waals surface area contributed by atoms with Crippen molar-refractivity contribution < 1.29 is 18.7 Å². The van der Waals surface area contributed by atoms with Crippen LogP contribution < -0.4 is 10.5 Å². The summed E-state index contributed by atoms with van der Waals surface area (Å²) < 4.78 is 17.2. The summed E-state index contributed by atoms with van der Waals surface area (Å²) in [6.07, 6.45) is 5.93. The minimum atomic E-state index is -1.86. The fourth-order valence-corrected chi connectivity index (χ4v) is 2.86. The van der Waals surface area contributed by atoms with Crippen LogP contribution in [0.2, 0.25) is 0 Å². The summed E-state index contributed by atoms with van der Waals surface area (Å²) in [6.45, 7) is 0. The first kappa shape index (κ1) is 15.1. The van der Waals surface area contributed by atoms with Crippen LogP contribution in [-0.4, -0.2) is 44.7 Å². The predicted octanol–water partition coefficient (Wildman–Crippen LogP) is 1.17. The Bertz CT molecular complexity index is 706. The molecule has 0 amide bonds. The van der Waals surface area contributed by atoms with Crippen LogP contribution in [0, 0.1) is 0 Å². The highest BCUT2D eigenvalue weighted by Crippen LogP contribution is 2.38. The molecule has 3 N–H and O–H groups in total. The van der Waals surface area contributed by atoms with Gasteiger partial charge >= 0.3 is 8.60 Å². The third kappa shape index (κ3) is 2.76. The first-order valence-electron chi connectivity index (χ1n) is 6.54. The Morgan fingerprint density at radius 2 is 2.18 bits per heavy atom. The highest BCUT2D eigenvalue weighted by atomic mass is 31.2. The van der Waals surface area contributed by atoms with Gasteiger partial charge in [-0.15, -0.1) is 0 Å². The molecule has 3 atom stereocenters. The van der Waals surface area contributed by atoms with Crippen LogP contribution in [0.4, 0.5) is 5.95 Å². The van der Waals surface area contributed by atoms with Crippen molar-refractivity contribution in [3.63, 3.8) is 0 Å². The molecule has 2 aromatic rings. The number of rotatable bonds is 5. The number of aromatic nitrogens is 4. The standard InChI is InChI=1S/C12H16N5O4P/c1-19-11-9-10(15-12(13)16-11)17(6-14-9)7-3-4-8(5-7)21-22(18)20-2/h3-4,6-8,18H,5H2,1-2H3,(H2,13,15,16)/t7-,8+,22?/m0/s1. The van der Waals surface area contributed by atoms with E-state index in [0.29, 0.717) is 23.5 Å². The van der Waals surface area contributed by atoms with Crippen molar-refractivity contribution in [2.24, 2.45) is 0 Å². The van der Waals surface area contributed by atoms with Gasteiger partial charge < -0.3 is 29.0 Å². The van der Waals surface area contributed by atoms with Gasteiger partial charge in [0, 0.05) is 13.5 Å². The van der Waals surface area contributed by atoms with Gasteiger partial charge in [-0.2, -0.15) is 9.97 Å². The van der Waals surface area contributed by atoms with E-state index in [1.54, 1.807) is 6.33 Å². The molecular formula is C12H16N5O4P. The van der Waals surface area contributed by atoms with Crippen LogP contribution in [0.5, 0.6) is 5.88 Å². The normalized spacial score (nSPS) is 22.3. The molecule has 1 aliphatic rings. The number of anilines is 1. The van der Waals surface area contributed by atoms with Crippen molar-refractivity contribution in [3.05, 3.63) is 18.5 Å². The SMILES string of the molecule is COc1nc(N)nc2c1ncn2[C@H]1C=C[C@@H](OP(O)OC)C1. The van der Waals surface area contributed by atoms with Crippen molar-refractivity contribution in [3.8, 4) is 5.88 Å². The average Bonchev–Trinajstić information content (AvgIpc) is 3.12. The smallest absolute Gasteiger partial charge is 0.330 e. The second kappa shape index (κ2) is 6.13. The van der Waals surface area contributed by atoms with E-state index in [-0.39, 0.29) is 18.1 Å². The molecule has 2 aromatic heterocycles. The van der Waals surface area contributed by atoms with Crippen molar-refractivity contribution in [2.45, 2.75) is 18.6 Å². The summed E-state index contributed by atoms with van der Waals surface area (Å²) >= 11 is 0. The van der Waals surface area contributed by atoms with Crippen LogP contribution in [0.15, 0.2) is 18.5 Å². The van der Waals surface area contributed by atoms with Crippen LogP contribution in [0.3, 0.4) is 0 Å². The lowest BCUT2D eigenvalue weighted by molar-refractivity contribution is 0.182. The van der Waals surface area contributed by atoms with Gasteiger partial charge in [0.1, 0.15) is 0 Å². The minimum Gasteiger partial charge on any atom is -0.479 e. The Morgan fingerprint density at radius 3 is 2.91 bits per heavy atom. The van der Waals surface area contributed by atoms with Crippen molar-refractivity contribution in [1.29, 1.82) is 0 Å². The quantitative estimate of drug-likeness (QED) is 0.621. The summed E-state index contributed by atoms with van der Waals surface area (Å²) in [4.78, 5) is 22.0. The van der Waals surface area contributed by atoms with E-state index in [2.05, 4.69) is 15.0 Å². The molecule has 0 radical (unpaired) electrons. The third-order valence-electron chi connectivity index (χ3n) is 3.36. The largest absolute Gasteiger partial charge is 0.479 e. The zero-order valence-electron chi connectivity index (χ0n) is 12.1. The van der Waals surface area contributed by atoms with E-state index in [1.165, 1.54) is 14.2 Å². The number of imidazole rings is 1. The van der Waals surface area contributed by atoms with E-state index in [4.69, 9.17) is 19.5 Å². The number of methoxy groups -OCH3 is 1. The Labute approximate surface area is 127 Å². The molecule has 3 rings (SSSR count). The lowest BCUT2D eigenvalue weighted by Gasteiger charge is -2.16.